The van der Waals surface area contributed by atoms with E-state index in [2.05, 4.69) is 63.9 Å². The third kappa shape index (κ3) is 5.94. The van der Waals surface area contributed by atoms with Crippen LogP contribution in [0.15, 0.2) is 54.2 Å². The Morgan fingerprint density at radius 2 is 1.80 bits per heavy atom. The smallest absolute Gasteiger partial charge is 0.174 e. The molecule has 0 amide bonds. The lowest BCUT2D eigenvalue weighted by Gasteiger charge is -2.14. The Labute approximate surface area is 190 Å². The zero-order valence-corrected chi connectivity index (χ0v) is 19.4. The van der Waals surface area contributed by atoms with E-state index in [9.17, 15) is 0 Å². The van der Waals surface area contributed by atoms with Gasteiger partial charge in [-0.25, -0.2) is 4.68 Å². The number of aromatic nitrogens is 3. The van der Waals surface area contributed by atoms with Crippen LogP contribution in [0.1, 0.15) is 37.3 Å². The van der Waals surface area contributed by atoms with Crippen molar-refractivity contribution >= 4 is 28.8 Å². The van der Waals surface area contributed by atoms with Gasteiger partial charge in [0.2, 0.25) is 0 Å². The molecule has 8 heteroatoms. The van der Waals surface area contributed by atoms with Crippen LogP contribution < -0.4 is 14.2 Å². The molecule has 0 saturated heterocycles. The van der Waals surface area contributed by atoms with Gasteiger partial charge in [-0.2, -0.15) is 5.10 Å². The van der Waals surface area contributed by atoms with Gasteiger partial charge in [0.1, 0.15) is 31.6 Å². The summed E-state index contributed by atoms with van der Waals surface area (Å²) < 4.78 is 19.7. The summed E-state index contributed by atoms with van der Waals surface area (Å²) >= 11 is 2.23. The maximum atomic E-state index is 5.94. The Bertz CT molecular complexity index is 959. The van der Waals surface area contributed by atoms with Crippen LogP contribution >= 0.6 is 22.6 Å². The third-order valence-corrected chi connectivity index (χ3v) is 5.46. The summed E-state index contributed by atoms with van der Waals surface area (Å²) in [6.07, 6.45) is 5.88. The summed E-state index contributed by atoms with van der Waals surface area (Å²) in [5.41, 5.74) is 2.21. The van der Waals surface area contributed by atoms with Crippen LogP contribution in [0.5, 0.6) is 17.2 Å². The van der Waals surface area contributed by atoms with Crippen molar-refractivity contribution in [2.45, 2.75) is 26.2 Å². The summed E-state index contributed by atoms with van der Waals surface area (Å²) in [7, 11) is 1.62. The molecular formula is C22H25IN4O3. The fraction of sp³-hybridized carbons (Fsp3) is 0.318. The number of ether oxygens (including phenoxy) is 3. The molecule has 0 aliphatic carbocycles. The quantitative estimate of drug-likeness (QED) is 0.219. The van der Waals surface area contributed by atoms with Gasteiger partial charge in [-0.3, -0.25) is 0 Å². The lowest BCUT2D eigenvalue weighted by atomic mass is 9.99. The van der Waals surface area contributed by atoms with Crippen LogP contribution in [0, 0.1) is 3.57 Å². The van der Waals surface area contributed by atoms with Crippen molar-refractivity contribution in [1.29, 1.82) is 0 Å². The van der Waals surface area contributed by atoms with Crippen molar-refractivity contribution in [1.82, 2.24) is 14.9 Å². The summed E-state index contributed by atoms with van der Waals surface area (Å²) in [6, 6.07) is 12.1. The van der Waals surface area contributed by atoms with E-state index < -0.39 is 0 Å². The fourth-order valence-electron chi connectivity index (χ4n) is 2.77. The van der Waals surface area contributed by atoms with Gasteiger partial charge in [0.25, 0.3) is 0 Å². The third-order valence-electron chi connectivity index (χ3n) is 4.66. The molecule has 7 nitrogen and oxygen atoms in total. The van der Waals surface area contributed by atoms with Gasteiger partial charge in [-0.05, 0) is 70.3 Å². The molecule has 0 fully saturated rings. The standard InChI is InChI=1S/C22H25IN4O3/c1-4-16(2)18-5-7-19(8-6-18)29-9-10-30-22-20(23)11-17(12-21(22)28-3)13-26-27-14-24-25-15-27/h5-8,11-16H,4,9-10H2,1-3H3/b26-13-/t16-/m1/s1. The molecule has 0 aliphatic rings. The molecule has 0 aliphatic heterocycles. The van der Waals surface area contributed by atoms with Gasteiger partial charge in [0.15, 0.2) is 11.5 Å². The molecule has 3 rings (SSSR count). The van der Waals surface area contributed by atoms with Gasteiger partial charge in [-0.15, -0.1) is 10.2 Å². The Morgan fingerprint density at radius 1 is 1.10 bits per heavy atom. The molecule has 0 saturated carbocycles. The topological polar surface area (TPSA) is 70.8 Å². The molecular weight excluding hydrogens is 495 g/mol. The number of hydrogen-bond donors (Lipinski definition) is 0. The highest BCUT2D eigenvalue weighted by atomic mass is 127. The SMILES string of the molecule is CC[C@@H](C)c1ccc(OCCOc2c(I)cc(/C=N\n3cnnc3)cc2OC)cc1. The zero-order chi connectivity index (χ0) is 21.3. The first-order chi connectivity index (χ1) is 14.6. The van der Waals surface area contributed by atoms with E-state index in [1.807, 2.05) is 24.3 Å². The van der Waals surface area contributed by atoms with E-state index in [-0.39, 0.29) is 0 Å². The highest BCUT2D eigenvalue weighted by Gasteiger charge is 2.11. The average molecular weight is 520 g/mol. The van der Waals surface area contributed by atoms with Crippen molar-refractivity contribution < 1.29 is 14.2 Å². The van der Waals surface area contributed by atoms with E-state index in [0.29, 0.717) is 30.6 Å². The lowest BCUT2D eigenvalue weighted by molar-refractivity contribution is 0.210. The minimum Gasteiger partial charge on any atom is -0.493 e. The molecule has 1 aromatic heterocycles. The highest BCUT2D eigenvalue weighted by Crippen LogP contribution is 2.33. The van der Waals surface area contributed by atoms with E-state index in [1.54, 1.807) is 13.3 Å². The number of hydrogen-bond acceptors (Lipinski definition) is 6. The first-order valence-electron chi connectivity index (χ1n) is 9.72. The number of halogens is 1. The minimum atomic E-state index is 0.410. The van der Waals surface area contributed by atoms with E-state index in [1.165, 1.54) is 22.9 Å². The molecule has 158 valence electrons. The minimum absolute atomic E-state index is 0.410. The summed E-state index contributed by atoms with van der Waals surface area (Å²) in [6.45, 7) is 5.27. The number of methoxy groups -OCH3 is 1. The molecule has 3 aromatic rings. The predicted octanol–water partition coefficient (Wildman–Crippen LogP) is 4.74. The molecule has 30 heavy (non-hydrogen) atoms. The van der Waals surface area contributed by atoms with Crippen molar-refractivity contribution in [2.75, 3.05) is 20.3 Å². The predicted molar refractivity (Wildman–Crippen MR) is 125 cm³/mol. The van der Waals surface area contributed by atoms with E-state index in [0.717, 1.165) is 21.3 Å². The molecule has 1 atom stereocenters. The number of benzene rings is 2. The monoisotopic (exact) mass is 520 g/mol. The van der Waals surface area contributed by atoms with E-state index >= 15 is 0 Å². The molecule has 2 aromatic carbocycles. The van der Waals surface area contributed by atoms with Gasteiger partial charge in [0.05, 0.1) is 16.9 Å². The second-order valence-corrected chi connectivity index (χ2v) is 7.86. The second kappa shape index (κ2) is 11.0. The van der Waals surface area contributed by atoms with Crippen molar-refractivity contribution in [2.24, 2.45) is 5.10 Å². The van der Waals surface area contributed by atoms with Crippen LogP contribution in [-0.4, -0.2) is 41.4 Å². The van der Waals surface area contributed by atoms with Crippen molar-refractivity contribution in [3.63, 3.8) is 0 Å². The average Bonchev–Trinajstić information content (AvgIpc) is 3.29. The molecule has 0 spiro atoms. The van der Waals surface area contributed by atoms with E-state index in [4.69, 9.17) is 14.2 Å². The Balaban J connectivity index is 1.57. The van der Waals surface area contributed by atoms with Gasteiger partial charge in [0, 0.05) is 0 Å². The van der Waals surface area contributed by atoms with Crippen LogP contribution in [0.4, 0.5) is 0 Å². The molecule has 1 heterocycles. The van der Waals surface area contributed by atoms with Crippen LogP contribution in [0.2, 0.25) is 0 Å². The molecule has 0 unspecified atom stereocenters. The van der Waals surface area contributed by atoms with Gasteiger partial charge in [-0.1, -0.05) is 26.0 Å². The largest absolute Gasteiger partial charge is 0.493 e. The Kier molecular flexibility index (Phi) is 8.06. The molecule has 0 N–H and O–H groups in total. The van der Waals surface area contributed by atoms with Crippen molar-refractivity contribution in [3.8, 4) is 17.2 Å². The van der Waals surface area contributed by atoms with Crippen LogP contribution in [0.25, 0.3) is 0 Å². The number of nitrogens with zero attached hydrogens (tertiary/aromatic N) is 4. The Hall–Kier alpha value is -2.62. The van der Waals surface area contributed by atoms with Crippen molar-refractivity contribution in [3.05, 3.63) is 63.7 Å². The van der Waals surface area contributed by atoms with Crippen LogP contribution in [0.3, 0.4) is 0 Å². The summed E-state index contributed by atoms with van der Waals surface area (Å²) in [5.74, 6) is 2.73. The van der Waals surface area contributed by atoms with Crippen LogP contribution in [-0.2, 0) is 0 Å². The molecule has 0 bridgehead atoms. The fourth-order valence-corrected chi connectivity index (χ4v) is 3.56. The lowest BCUT2D eigenvalue weighted by Crippen LogP contribution is -2.10. The summed E-state index contributed by atoms with van der Waals surface area (Å²) in [4.78, 5) is 0. The maximum absolute atomic E-state index is 5.94. The maximum Gasteiger partial charge on any atom is 0.174 e. The first kappa shape index (κ1) is 22.1. The highest BCUT2D eigenvalue weighted by molar-refractivity contribution is 14.1. The number of rotatable bonds is 10. The Morgan fingerprint density at radius 3 is 2.47 bits per heavy atom. The first-order valence-corrected chi connectivity index (χ1v) is 10.8. The van der Waals surface area contributed by atoms with Gasteiger partial charge < -0.3 is 14.2 Å². The van der Waals surface area contributed by atoms with Gasteiger partial charge >= 0.3 is 0 Å². The normalized spacial score (nSPS) is 12.1. The zero-order valence-electron chi connectivity index (χ0n) is 17.3. The summed E-state index contributed by atoms with van der Waals surface area (Å²) in [5, 5.41) is 11.7. The molecule has 0 radical (unpaired) electrons. The second-order valence-electron chi connectivity index (χ2n) is 6.70.